The molecule has 1 aromatic rings. The van der Waals surface area contributed by atoms with Crippen LogP contribution in [0, 0.1) is 0 Å². The van der Waals surface area contributed by atoms with Gasteiger partial charge in [0.2, 0.25) is 0 Å². The van der Waals surface area contributed by atoms with Crippen molar-refractivity contribution >= 4 is 22.1 Å². The topological polar surface area (TPSA) is 31.4 Å². The summed E-state index contributed by atoms with van der Waals surface area (Å²) in [5.74, 6) is 1.48. The van der Waals surface area contributed by atoms with E-state index in [0.717, 1.165) is 5.75 Å². The third kappa shape index (κ3) is 2.53. The van der Waals surface area contributed by atoms with Crippen LogP contribution in [-0.4, -0.2) is 37.6 Å². The van der Waals surface area contributed by atoms with Crippen molar-refractivity contribution in [2.24, 2.45) is 0 Å². The Morgan fingerprint density at radius 2 is 1.64 bits per heavy atom. The summed E-state index contributed by atoms with van der Waals surface area (Å²) in [6.07, 6.45) is 1.75. The number of aromatic nitrogens is 1. The minimum absolute atomic E-state index is 0.701. The Morgan fingerprint density at radius 3 is 2.07 bits per heavy atom. The molecule has 0 aliphatic rings. The van der Waals surface area contributed by atoms with Crippen LogP contribution in [0.1, 0.15) is 0 Å². The second-order valence-corrected chi connectivity index (χ2v) is 18.5. The molecule has 0 aromatic carbocycles. The van der Waals surface area contributed by atoms with E-state index in [1.165, 1.54) is 3.71 Å². The number of hydrogen-bond donors (Lipinski definition) is 0. The van der Waals surface area contributed by atoms with E-state index in [4.69, 9.17) is 9.47 Å². The van der Waals surface area contributed by atoms with Crippen molar-refractivity contribution in [3.8, 4) is 11.5 Å². The summed E-state index contributed by atoms with van der Waals surface area (Å²) in [7, 11) is 3.28. The fourth-order valence-corrected chi connectivity index (χ4v) is 4.05. The number of pyridine rings is 1. The zero-order valence-corrected chi connectivity index (χ0v) is 12.3. The quantitative estimate of drug-likeness (QED) is 0.796. The molecular weight excluding hydrogens is 285 g/mol. The molecule has 0 radical (unpaired) electrons. The van der Waals surface area contributed by atoms with Gasteiger partial charge in [0.15, 0.2) is 0 Å². The molecule has 14 heavy (non-hydrogen) atoms. The van der Waals surface area contributed by atoms with Crippen LogP contribution >= 0.6 is 0 Å². The first-order chi connectivity index (χ1) is 6.49. The predicted octanol–water partition coefficient (Wildman–Crippen LogP) is 1.64. The van der Waals surface area contributed by atoms with Crippen LogP contribution in [0.3, 0.4) is 0 Å². The number of nitrogens with zero attached hydrogens (tertiary/aromatic N) is 1. The van der Waals surface area contributed by atoms with Crippen LogP contribution in [0.2, 0.25) is 14.8 Å². The number of ether oxygens (including phenoxy) is 2. The molecule has 0 fully saturated rings. The van der Waals surface area contributed by atoms with Crippen molar-refractivity contribution in [2.45, 2.75) is 14.8 Å². The summed E-state index contributed by atoms with van der Waals surface area (Å²) in [6.45, 7) is 0. The SMILES string of the molecule is COc1cn[c]([Sn]([CH3])([CH3])[CH3])cc1OC. The van der Waals surface area contributed by atoms with Crippen molar-refractivity contribution in [2.75, 3.05) is 14.2 Å². The number of hydrogen-bond acceptors (Lipinski definition) is 3. The third-order valence-corrected chi connectivity index (χ3v) is 7.21. The molecule has 0 aliphatic heterocycles. The summed E-state index contributed by atoms with van der Waals surface area (Å²) < 4.78 is 11.6. The van der Waals surface area contributed by atoms with Crippen molar-refractivity contribution in [3.05, 3.63) is 12.3 Å². The molecule has 0 spiro atoms. The maximum atomic E-state index is 5.24. The van der Waals surface area contributed by atoms with Gasteiger partial charge in [-0.15, -0.1) is 0 Å². The first kappa shape index (κ1) is 11.6. The summed E-state index contributed by atoms with van der Waals surface area (Å²) >= 11 is -2.08. The molecule has 3 nitrogen and oxygen atoms in total. The van der Waals surface area contributed by atoms with Crippen molar-refractivity contribution in [3.63, 3.8) is 0 Å². The molecule has 0 bridgehead atoms. The van der Waals surface area contributed by atoms with Gasteiger partial charge in [-0.25, -0.2) is 0 Å². The van der Waals surface area contributed by atoms with E-state index in [1.54, 1.807) is 20.4 Å². The Balaban J connectivity index is 3.14. The van der Waals surface area contributed by atoms with Gasteiger partial charge in [-0.3, -0.25) is 0 Å². The maximum absolute atomic E-state index is 5.24. The van der Waals surface area contributed by atoms with Gasteiger partial charge in [0.1, 0.15) is 0 Å². The normalized spacial score (nSPS) is 11.2. The van der Waals surface area contributed by atoms with Crippen LogP contribution in [0.15, 0.2) is 12.3 Å². The van der Waals surface area contributed by atoms with Crippen LogP contribution in [0.4, 0.5) is 0 Å². The van der Waals surface area contributed by atoms with E-state index in [2.05, 4.69) is 19.8 Å². The third-order valence-electron chi connectivity index (χ3n) is 2.04. The van der Waals surface area contributed by atoms with Gasteiger partial charge in [-0.1, -0.05) is 0 Å². The van der Waals surface area contributed by atoms with Crippen LogP contribution in [0.5, 0.6) is 11.5 Å². The molecule has 78 valence electrons. The second kappa shape index (κ2) is 4.38. The zero-order chi connectivity index (χ0) is 10.8. The summed E-state index contributed by atoms with van der Waals surface area (Å²) in [5.41, 5.74) is 0. The standard InChI is InChI=1S/C7H8NO2.3CH3.Sn/c1-9-6-3-4-8-5-7(6)10-2;;;;/h3,5H,1-2H3;3*1H3;. The fourth-order valence-electron chi connectivity index (χ4n) is 1.15. The van der Waals surface area contributed by atoms with Crippen LogP contribution in [-0.2, 0) is 0 Å². The minimum atomic E-state index is -2.08. The number of methoxy groups -OCH3 is 2. The van der Waals surface area contributed by atoms with Gasteiger partial charge in [0.25, 0.3) is 0 Å². The van der Waals surface area contributed by atoms with E-state index >= 15 is 0 Å². The second-order valence-electron chi connectivity index (χ2n) is 4.17. The molecule has 0 amide bonds. The monoisotopic (exact) mass is 303 g/mol. The van der Waals surface area contributed by atoms with E-state index in [1.807, 2.05) is 6.07 Å². The zero-order valence-electron chi connectivity index (χ0n) is 9.42. The number of rotatable bonds is 3. The average molecular weight is 302 g/mol. The molecule has 0 unspecified atom stereocenters. The Hall–Kier alpha value is -0.451. The molecular formula is C10H17NO2Sn. The summed E-state index contributed by atoms with van der Waals surface area (Å²) in [5, 5.41) is 0. The van der Waals surface area contributed by atoms with Gasteiger partial charge < -0.3 is 0 Å². The van der Waals surface area contributed by atoms with E-state index < -0.39 is 18.4 Å². The van der Waals surface area contributed by atoms with Crippen molar-refractivity contribution in [1.29, 1.82) is 0 Å². The van der Waals surface area contributed by atoms with Gasteiger partial charge >= 0.3 is 89.3 Å². The molecule has 1 aromatic heterocycles. The van der Waals surface area contributed by atoms with Crippen molar-refractivity contribution < 1.29 is 9.47 Å². The van der Waals surface area contributed by atoms with Gasteiger partial charge in [0.05, 0.1) is 0 Å². The van der Waals surface area contributed by atoms with E-state index in [0.29, 0.717) is 5.75 Å². The first-order valence-electron chi connectivity index (χ1n) is 4.57. The van der Waals surface area contributed by atoms with Gasteiger partial charge in [-0.2, -0.15) is 0 Å². The van der Waals surface area contributed by atoms with Crippen molar-refractivity contribution in [1.82, 2.24) is 4.98 Å². The van der Waals surface area contributed by atoms with E-state index in [9.17, 15) is 0 Å². The van der Waals surface area contributed by atoms with Crippen LogP contribution < -0.4 is 13.2 Å². The molecule has 0 saturated heterocycles. The van der Waals surface area contributed by atoms with Gasteiger partial charge in [0, 0.05) is 0 Å². The predicted molar refractivity (Wildman–Crippen MR) is 60.3 cm³/mol. The fraction of sp³-hybridized carbons (Fsp3) is 0.500. The molecule has 0 N–H and O–H groups in total. The average Bonchev–Trinajstić information content (AvgIpc) is 2.15. The first-order valence-corrected chi connectivity index (χ1v) is 14.6. The summed E-state index contributed by atoms with van der Waals surface area (Å²) in [4.78, 5) is 11.4. The van der Waals surface area contributed by atoms with E-state index in [-0.39, 0.29) is 0 Å². The molecule has 1 rings (SSSR count). The van der Waals surface area contributed by atoms with Crippen LogP contribution in [0.25, 0.3) is 0 Å². The molecule has 4 heteroatoms. The Labute approximate surface area is 89.3 Å². The molecule has 0 aliphatic carbocycles. The van der Waals surface area contributed by atoms with Gasteiger partial charge in [-0.05, 0) is 0 Å². The molecule has 0 atom stereocenters. The Morgan fingerprint density at radius 1 is 1.07 bits per heavy atom. The Kier molecular flexibility index (Phi) is 3.64. The molecule has 1 heterocycles. The Bertz CT molecular complexity index is 320. The summed E-state index contributed by atoms with van der Waals surface area (Å²) in [6, 6.07) is 2.01. The molecule has 0 saturated carbocycles.